The van der Waals surface area contributed by atoms with Gasteiger partial charge in [0.1, 0.15) is 5.82 Å². The maximum Gasteiger partial charge on any atom is 0.250 e. The molecule has 2 heterocycles. The lowest BCUT2D eigenvalue weighted by Crippen LogP contribution is -2.26. The second-order valence-electron chi connectivity index (χ2n) is 10.3. The highest BCUT2D eigenvalue weighted by molar-refractivity contribution is 6.02. The van der Waals surface area contributed by atoms with Gasteiger partial charge in [0.05, 0.1) is 11.1 Å². The van der Waals surface area contributed by atoms with E-state index in [1.807, 2.05) is 18.2 Å². The van der Waals surface area contributed by atoms with Gasteiger partial charge in [-0.2, -0.15) is 0 Å². The lowest BCUT2D eigenvalue weighted by molar-refractivity contribution is 0.100. The standard InChI is InChI=1S/C27H32FN3O/c1-27(2)12-13-31-23-15-18(28)9-11-21(23)25(24(31)16-27)17-8-10-20(26(29)32)22(14-17)30-19-6-4-3-5-7-19/h8-11,14-15,19,30H,3-7,12-13,16H2,1-2H3,(H2,29,32). The Kier molecular flexibility index (Phi) is 5.23. The number of halogens is 1. The number of aryl methyl sites for hydroxylation is 1. The molecule has 0 bridgehead atoms. The zero-order valence-electron chi connectivity index (χ0n) is 19.0. The van der Waals surface area contributed by atoms with Crippen molar-refractivity contribution >= 4 is 22.5 Å². The number of benzene rings is 2. The molecule has 0 saturated heterocycles. The number of carbonyl (C=O) groups is 1. The zero-order chi connectivity index (χ0) is 22.5. The topological polar surface area (TPSA) is 60.0 Å². The van der Waals surface area contributed by atoms with E-state index >= 15 is 0 Å². The number of anilines is 1. The molecule has 0 spiro atoms. The van der Waals surface area contributed by atoms with Gasteiger partial charge in [-0.05, 0) is 67.0 Å². The second-order valence-corrected chi connectivity index (χ2v) is 10.3. The number of nitrogens with zero attached hydrogens (tertiary/aromatic N) is 1. The highest BCUT2D eigenvalue weighted by Gasteiger charge is 2.30. The Labute approximate surface area is 189 Å². The molecule has 32 heavy (non-hydrogen) atoms. The maximum absolute atomic E-state index is 14.2. The van der Waals surface area contributed by atoms with Gasteiger partial charge in [0, 0.05) is 34.9 Å². The number of hydrogen-bond donors (Lipinski definition) is 2. The van der Waals surface area contributed by atoms with Crippen LogP contribution in [0.25, 0.3) is 22.0 Å². The summed E-state index contributed by atoms with van der Waals surface area (Å²) in [6, 6.07) is 11.4. The summed E-state index contributed by atoms with van der Waals surface area (Å²) in [6.45, 7) is 5.48. The van der Waals surface area contributed by atoms with Crippen molar-refractivity contribution in [2.45, 2.75) is 71.4 Å². The van der Waals surface area contributed by atoms with Gasteiger partial charge >= 0.3 is 0 Å². The van der Waals surface area contributed by atoms with E-state index in [-0.39, 0.29) is 11.2 Å². The summed E-state index contributed by atoms with van der Waals surface area (Å²) in [5, 5.41) is 4.68. The van der Waals surface area contributed by atoms with Crippen LogP contribution in [0.5, 0.6) is 0 Å². The Morgan fingerprint density at radius 3 is 2.66 bits per heavy atom. The zero-order valence-corrected chi connectivity index (χ0v) is 19.0. The molecule has 1 aliphatic carbocycles. The fraction of sp³-hybridized carbons (Fsp3) is 0.444. The predicted molar refractivity (Wildman–Crippen MR) is 128 cm³/mol. The molecule has 2 aliphatic rings. The average Bonchev–Trinajstić information content (AvgIpc) is 3.05. The van der Waals surface area contributed by atoms with E-state index < -0.39 is 5.91 Å². The van der Waals surface area contributed by atoms with E-state index in [2.05, 4.69) is 29.8 Å². The highest BCUT2D eigenvalue weighted by Crippen LogP contribution is 2.43. The molecule has 3 N–H and O–H groups in total. The summed E-state index contributed by atoms with van der Waals surface area (Å²) in [5.41, 5.74) is 11.6. The Bertz CT molecular complexity index is 1190. The number of amides is 1. The molecule has 1 aliphatic heterocycles. The van der Waals surface area contributed by atoms with Crippen molar-refractivity contribution in [1.29, 1.82) is 0 Å². The monoisotopic (exact) mass is 433 g/mol. The molecular formula is C27H32FN3O. The van der Waals surface area contributed by atoms with E-state index in [0.717, 1.165) is 59.9 Å². The van der Waals surface area contributed by atoms with Crippen molar-refractivity contribution in [2.24, 2.45) is 11.1 Å². The first-order valence-corrected chi connectivity index (χ1v) is 11.8. The van der Waals surface area contributed by atoms with Crippen LogP contribution in [-0.2, 0) is 13.0 Å². The van der Waals surface area contributed by atoms with Gasteiger partial charge in [-0.25, -0.2) is 4.39 Å². The molecule has 3 aromatic rings. The third kappa shape index (κ3) is 3.78. The van der Waals surface area contributed by atoms with Crippen molar-refractivity contribution < 1.29 is 9.18 Å². The Morgan fingerprint density at radius 2 is 1.91 bits per heavy atom. The number of primary amides is 1. The van der Waals surface area contributed by atoms with E-state index in [4.69, 9.17) is 5.73 Å². The molecule has 0 unspecified atom stereocenters. The number of fused-ring (bicyclic) bond motifs is 3. The maximum atomic E-state index is 14.2. The predicted octanol–water partition coefficient (Wildman–Crippen LogP) is 6.26. The normalized spacial score (nSPS) is 18.5. The SMILES string of the molecule is CC1(C)CCn2c(c(-c3ccc(C(N)=O)c(NC4CCCCC4)c3)c3ccc(F)cc32)C1. The third-order valence-corrected chi connectivity index (χ3v) is 7.33. The minimum absolute atomic E-state index is 0.189. The summed E-state index contributed by atoms with van der Waals surface area (Å²) in [4.78, 5) is 12.2. The second kappa shape index (κ2) is 7.95. The van der Waals surface area contributed by atoms with Crippen molar-refractivity contribution in [3.63, 3.8) is 0 Å². The molecule has 1 saturated carbocycles. The highest BCUT2D eigenvalue weighted by atomic mass is 19.1. The molecule has 168 valence electrons. The summed E-state index contributed by atoms with van der Waals surface area (Å²) in [6.07, 6.45) is 7.91. The largest absolute Gasteiger partial charge is 0.382 e. The average molecular weight is 434 g/mol. The number of nitrogens with two attached hydrogens (primary N) is 1. The Balaban J connectivity index is 1.67. The molecule has 1 amide bonds. The minimum Gasteiger partial charge on any atom is -0.382 e. The first-order chi connectivity index (χ1) is 15.3. The number of carbonyl (C=O) groups excluding carboxylic acids is 1. The van der Waals surface area contributed by atoms with Gasteiger partial charge in [0.15, 0.2) is 0 Å². The molecule has 1 aromatic heterocycles. The van der Waals surface area contributed by atoms with E-state index in [9.17, 15) is 9.18 Å². The quantitative estimate of drug-likeness (QED) is 0.510. The van der Waals surface area contributed by atoms with Crippen LogP contribution >= 0.6 is 0 Å². The van der Waals surface area contributed by atoms with Gasteiger partial charge < -0.3 is 15.6 Å². The lowest BCUT2D eigenvalue weighted by atomic mass is 9.80. The van der Waals surface area contributed by atoms with Crippen LogP contribution < -0.4 is 11.1 Å². The van der Waals surface area contributed by atoms with Gasteiger partial charge in [0.25, 0.3) is 5.91 Å². The van der Waals surface area contributed by atoms with E-state index in [1.165, 1.54) is 25.0 Å². The van der Waals surface area contributed by atoms with Crippen LogP contribution in [-0.4, -0.2) is 16.5 Å². The third-order valence-electron chi connectivity index (χ3n) is 7.33. The molecule has 5 heteroatoms. The van der Waals surface area contributed by atoms with E-state index in [0.29, 0.717) is 11.6 Å². The van der Waals surface area contributed by atoms with Crippen molar-refractivity contribution in [3.05, 3.63) is 53.5 Å². The smallest absolute Gasteiger partial charge is 0.250 e. The molecule has 0 atom stereocenters. The molecule has 4 nitrogen and oxygen atoms in total. The number of hydrogen-bond acceptors (Lipinski definition) is 2. The van der Waals surface area contributed by atoms with Crippen molar-refractivity contribution in [1.82, 2.24) is 4.57 Å². The van der Waals surface area contributed by atoms with Crippen LogP contribution in [0.2, 0.25) is 0 Å². The molecule has 5 rings (SSSR count). The van der Waals surface area contributed by atoms with Crippen LogP contribution in [0.4, 0.5) is 10.1 Å². The van der Waals surface area contributed by atoms with Gasteiger partial charge in [-0.3, -0.25) is 4.79 Å². The van der Waals surface area contributed by atoms with Gasteiger partial charge in [-0.1, -0.05) is 39.2 Å². The molecule has 0 radical (unpaired) electrons. The van der Waals surface area contributed by atoms with Gasteiger partial charge in [-0.15, -0.1) is 0 Å². The van der Waals surface area contributed by atoms with Gasteiger partial charge in [0.2, 0.25) is 0 Å². The fourth-order valence-electron chi connectivity index (χ4n) is 5.59. The van der Waals surface area contributed by atoms with E-state index in [1.54, 1.807) is 12.1 Å². The van der Waals surface area contributed by atoms with Crippen LogP contribution in [0.15, 0.2) is 36.4 Å². The number of rotatable bonds is 4. The first kappa shape index (κ1) is 21.0. The summed E-state index contributed by atoms with van der Waals surface area (Å²) >= 11 is 0. The van der Waals surface area contributed by atoms with Crippen molar-refractivity contribution in [2.75, 3.05) is 5.32 Å². The summed E-state index contributed by atoms with van der Waals surface area (Å²) in [5.74, 6) is -0.625. The lowest BCUT2D eigenvalue weighted by Gasteiger charge is -2.32. The summed E-state index contributed by atoms with van der Waals surface area (Å²) < 4.78 is 16.4. The molecule has 2 aromatic carbocycles. The van der Waals surface area contributed by atoms with Crippen LogP contribution in [0, 0.1) is 11.2 Å². The molecular weight excluding hydrogens is 401 g/mol. The minimum atomic E-state index is -0.415. The number of aromatic nitrogens is 1. The number of nitrogens with one attached hydrogen (secondary N) is 1. The Hall–Kier alpha value is -2.82. The molecule has 1 fully saturated rings. The van der Waals surface area contributed by atoms with Crippen LogP contribution in [0.1, 0.15) is 68.4 Å². The summed E-state index contributed by atoms with van der Waals surface area (Å²) in [7, 11) is 0. The van der Waals surface area contributed by atoms with Crippen LogP contribution in [0.3, 0.4) is 0 Å². The fourth-order valence-corrected chi connectivity index (χ4v) is 5.59. The Morgan fingerprint density at radius 1 is 1.12 bits per heavy atom. The van der Waals surface area contributed by atoms with Crippen molar-refractivity contribution in [3.8, 4) is 11.1 Å². The first-order valence-electron chi connectivity index (χ1n) is 11.8.